The van der Waals surface area contributed by atoms with Crippen LogP contribution in [0.25, 0.3) is 61.1 Å². The summed E-state index contributed by atoms with van der Waals surface area (Å²) in [4.78, 5) is 4.98. The number of nitrogens with zero attached hydrogens (tertiary/aromatic N) is 2. The third-order valence-corrected chi connectivity index (χ3v) is 7.04. The molecule has 0 amide bonds. The summed E-state index contributed by atoms with van der Waals surface area (Å²) in [5, 5.41) is 2.52. The van der Waals surface area contributed by atoms with E-state index in [2.05, 4.69) is 138 Å². The van der Waals surface area contributed by atoms with Gasteiger partial charge in [0.15, 0.2) is 0 Å². The molecule has 0 atom stereocenters. The summed E-state index contributed by atoms with van der Waals surface area (Å²) in [6, 6.07) is 51.4. The zero-order chi connectivity index (χ0) is 24.6. The molecular formula is C35H24N2. The molecule has 0 aliphatic rings. The summed E-state index contributed by atoms with van der Waals surface area (Å²) >= 11 is 0. The van der Waals surface area contributed by atoms with Crippen LogP contribution in [0.4, 0.5) is 0 Å². The van der Waals surface area contributed by atoms with Crippen molar-refractivity contribution >= 4 is 21.8 Å². The molecule has 1 heterocycles. The first-order chi connectivity index (χ1) is 18.4. The zero-order valence-electron chi connectivity index (χ0n) is 20.3. The maximum Gasteiger partial charge on any atom is 0.145 e. The van der Waals surface area contributed by atoms with Crippen molar-refractivity contribution in [1.82, 2.24) is 9.55 Å². The summed E-state index contributed by atoms with van der Waals surface area (Å²) in [6.45, 7) is 0. The van der Waals surface area contributed by atoms with E-state index in [0.717, 1.165) is 28.1 Å². The van der Waals surface area contributed by atoms with Crippen LogP contribution in [-0.2, 0) is 0 Å². The third-order valence-electron chi connectivity index (χ3n) is 7.04. The normalized spacial score (nSPS) is 11.2. The number of hydrogen-bond donors (Lipinski definition) is 0. The summed E-state index contributed by atoms with van der Waals surface area (Å²) in [5.41, 5.74) is 9.23. The Hall–Kier alpha value is -4.95. The largest absolute Gasteiger partial charge is 0.292 e. The molecule has 0 saturated carbocycles. The van der Waals surface area contributed by atoms with E-state index in [-0.39, 0.29) is 0 Å². The first kappa shape index (κ1) is 21.3. The van der Waals surface area contributed by atoms with Crippen LogP contribution in [0, 0.1) is 0 Å². The molecule has 0 bridgehead atoms. The first-order valence-corrected chi connectivity index (χ1v) is 12.6. The van der Waals surface area contributed by atoms with Gasteiger partial charge in [0.25, 0.3) is 0 Å². The molecule has 2 nitrogen and oxygen atoms in total. The van der Waals surface area contributed by atoms with Gasteiger partial charge in [-0.15, -0.1) is 0 Å². The molecule has 0 spiro atoms. The lowest BCUT2D eigenvalue weighted by Crippen LogP contribution is -1.97. The van der Waals surface area contributed by atoms with Gasteiger partial charge in [0.05, 0.1) is 11.0 Å². The number of para-hydroxylation sites is 2. The van der Waals surface area contributed by atoms with Crippen LogP contribution in [0.1, 0.15) is 0 Å². The highest BCUT2D eigenvalue weighted by atomic mass is 15.1. The van der Waals surface area contributed by atoms with E-state index in [1.165, 1.54) is 33.0 Å². The first-order valence-electron chi connectivity index (χ1n) is 12.6. The van der Waals surface area contributed by atoms with Crippen molar-refractivity contribution in [2.75, 3.05) is 0 Å². The Morgan fingerprint density at radius 3 is 1.57 bits per heavy atom. The second-order valence-corrected chi connectivity index (χ2v) is 9.24. The topological polar surface area (TPSA) is 17.8 Å². The molecule has 0 unspecified atom stereocenters. The lowest BCUT2D eigenvalue weighted by Gasteiger charge is -2.14. The molecular weight excluding hydrogens is 448 g/mol. The third kappa shape index (κ3) is 3.71. The highest BCUT2D eigenvalue weighted by Gasteiger charge is 2.15. The van der Waals surface area contributed by atoms with Crippen molar-refractivity contribution < 1.29 is 0 Å². The minimum absolute atomic E-state index is 0.951. The fourth-order valence-electron chi connectivity index (χ4n) is 5.28. The quantitative estimate of drug-likeness (QED) is 0.250. The van der Waals surface area contributed by atoms with Gasteiger partial charge in [-0.3, -0.25) is 4.57 Å². The number of benzene rings is 6. The van der Waals surface area contributed by atoms with E-state index in [4.69, 9.17) is 4.98 Å². The molecule has 0 fully saturated rings. The molecule has 174 valence electrons. The van der Waals surface area contributed by atoms with Crippen LogP contribution in [0.2, 0.25) is 0 Å². The molecule has 0 N–H and O–H groups in total. The Balaban J connectivity index is 1.36. The Morgan fingerprint density at radius 2 is 0.919 bits per heavy atom. The lowest BCUT2D eigenvalue weighted by atomic mass is 9.92. The predicted octanol–water partition coefficient (Wildman–Crippen LogP) is 9.18. The van der Waals surface area contributed by atoms with Crippen molar-refractivity contribution in [3.8, 4) is 39.3 Å². The van der Waals surface area contributed by atoms with E-state index in [0.29, 0.717) is 0 Å². The Kier molecular flexibility index (Phi) is 5.15. The molecule has 37 heavy (non-hydrogen) atoms. The molecule has 2 heteroatoms. The van der Waals surface area contributed by atoms with Crippen molar-refractivity contribution in [3.63, 3.8) is 0 Å². The SMILES string of the molecule is c1ccc(-c2ccc(-c3ccc(-n4c(-c5ccccc5)nc5ccccc54)cc3)c3ccccc23)cc1. The van der Waals surface area contributed by atoms with Crippen molar-refractivity contribution in [3.05, 3.63) is 146 Å². The van der Waals surface area contributed by atoms with Gasteiger partial charge >= 0.3 is 0 Å². The Bertz CT molecular complexity index is 1850. The van der Waals surface area contributed by atoms with E-state index >= 15 is 0 Å². The number of imidazole rings is 1. The zero-order valence-corrected chi connectivity index (χ0v) is 20.3. The van der Waals surface area contributed by atoms with Crippen molar-refractivity contribution in [1.29, 1.82) is 0 Å². The highest BCUT2D eigenvalue weighted by molar-refractivity contribution is 6.05. The smallest absolute Gasteiger partial charge is 0.145 e. The second-order valence-electron chi connectivity index (χ2n) is 9.24. The van der Waals surface area contributed by atoms with E-state index in [1.54, 1.807) is 0 Å². The summed E-state index contributed by atoms with van der Waals surface area (Å²) in [7, 11) is 0. The van der Waals surface area contributed by atoms with Crippen LogP contribution >= 0.6 is 0 Å². The number of hydrogen-bond acceptors (Lipinski definition) is 1. The van der Waals surface area contributed by atoms with E-state index in [9.17, 15) is 0 Å². The molecule has 0 radical (unpaired) electrons. The molecule has 6 aromatic carbocycles. The summed E-state index contributed by atoms with van der Waals surface area (Å²) < 4.78 is 2.26. The lowest BCUT2D eigenvalue weighted by molar-refractivity contribution is 1.10. The van der Waals surface area contributed by atoms with Gasteiger partial charge in [-0.05, 0) is 57.3 Å². The number of rotatable bonds is 4. The minimum atomic E-state index is 0.951. The van der Waals surface area contributed by atoms with Gasteiger partial charge in [-0.2, -0.15) is 0 Å². The number of aromatic nitrogens is 2. The summed E-state index contributed by atoms with van der Waals surface area (Å²) in [5.74, 6) is 0.951. The van der Waals surface area contributed by atoms with Gasteiger partial charge in [0.1, 0.15) is 5.82 Å². The molecule has 0 aliphatic heterocycles. The Labute approximate surface area is 216 Å². The van der Waals surface area contributed by atoms with Crippen LogP contribution < -0.4 is 0 Å². The van der Waals surface area contributed by atoms with Crippen LogP contribution in [-0.4, -0.2) is 9.55 Å². The summed E-state index contributed by atoms with van der Waals surface area (Å²) in [6.07, 6.45) is 0. The molecule has 0 saturated heterocycles. The van der Waals surface area contributed by atoms with Crippen molar-refractivity contribution in [2.24, 2.45) is 0 Å². The number of fused-ring (bicyclic) bond motifs is 2. The average Bonchev–Trinajstić information content (AvgIpc) is 3.37. The van der Waals surface area contributed by atoms with Crippen LogP contribution in [0.15, 0.2) is 146 Å². The molecule has 7 rings (SSSR count). The second kappa shape index (κ2) is 8.92. The standard InChI is InChI=1S/C35H24N2/c1-3-11-25(12-4-1)29-23-24-30(32-16-8-7-15-31(29)32)26-19-21-28(22-20-26)37-34-18-10-9-17-33(34)36-35(37)27-13-5-2-6-14-27/h1-24H. The van der Waals surface area contributed by atoms with Crippen molar-refractivity contribution in [2.45, 2.75) is 0 Å². The molecule has 0 aliphatic carbocycles. The maximum atomic E-state index is 4.98. The molecule has 7 aromatic rings. The van der Waals surface area contributed by atoms with Gasteiger partial charge < -0.3 is 0 Å². The van der Waals surface area contributed by atoms with Gasteiger partial charge in [0, 0.05) is 11.3 Å². The van der Waals surface area contributed by atoms with Gasteiger partial charge in [-0.1, -0.05) is 121 Å². The molecule has 1 aromatic heterocycles. The van der Waals surface area contributed by atoms with Crippen LogP contribution in [0.5, 0.6) is 0 Å². The monoisotopic (exact) mass is 472 g/mol. The van der Waals surface area contributed by atoms with E-state index < -0.39 is 0 Å². The van der Waals surface area contributed by atoms with Crippen LogP contribution in [0.3, 0.4) is 0 Å². The van der Waals surface area contributed by atoms with E-state index in [1.807, 2.05) is 12.1 Å². The maximum absolute atomic E-state index is 4.98. The fourth-order valence-corrected chi connectivity index (χ4v) is 5.28. The van der Waals surface area contributed by atoms with Gasteiger partial charge in [0.2, 0.25) is 0 Å². The Morgan fingerprint density at radius 1 is 0.405 bits per heavy atom. The highest BCUT2D eigenvalue weighted by Crippen LogP contribution is 2.36. The van der Waals surface area contributed by atoms with Gasteiger partial charge in [-0.25, -0.2) is 4.98 Å². The fraction of sp³-hybridized carbons (Fsp3) is 0. The minimum Gasteiger partial charge on any atom is -0.292 e. The average molecular weight is 473 g/mol. The predicted molar refractivity (Wildman–Crippen MR) is 155 cm³/mol.